The molecule has 0 saturated carbocycles. The van der Waals surface area contributed by atoms with E-state index in [2.05, 4.69) is 4.76 Å². The van der Waals surface area contributed by atoms with E-state index in [-0.39, 0.29) is 41.6 Å². The first-order valence-electron chi connectivity index (χ1n) is 7.47. The van der Waals surface area contributed by atoms with Crippen molar-refractivity contribution in [1.82, 2.24) is 0 Å². The van der Waals surface area contributed by atoms with Gasteiger partial charge in [0.2, 0.25) is 0 Å². The number of rotatable bonds is 5. The molecule has 9 heteroatoms. The quantitative estimate of drug-likeness (QED) is 0.342. The average molecular weight is 369 g/mol. The van der Waals surface area contributed by atoms with Gasteiger partial charge in [-0.15, -0.1) is 0 Å². The van der Waals surface area contributed by atoms with Crippen LogP contribution < -0.4 is 0 Å². The van der Waals surface area contributed by atoms with Crippen LogP contribution in [0.3, 0.4) is 0 Å². The van der Waals surface area contributed by atoms with Crippen LogP contribution in [0.5, 0.6) is 5.75 Å². The van der Waals surface area contributed by atoms with Gasteiger partial charge in [0.1, 0.15) is 5.75 Å². The summed E-state index contributed by atoms with van der Waals surface area (Å²) in [6.07, 6.45) is 1.91. The molecule has 0 aliphatic heterocycles. The van der Waals surface area contributed by atoms with Crippen molar-refractivity contribution in [1.29, 1.82) is 0 Å². The van der Waals surface area contributed by atoms with E-state index in [9.17, 15) is 25.0 Å². The minimum Gasteiger partial charge on any atom is -0.512 e. The summed E-state index contributed by atoms with van der Waals surface area (Å²) in [5.74, 6) is -2.87. The van der Waals surface area contributed by atoms with E-state index in [0.717, 1.165) is 5.56 Å². The number of nitrogens with zero attached hydrogens (tertiary/aromatic N) is 1. The average Bonchev–Trinajstić information content (AvgIpc) is 2.45. The molecule has 0 heterocycles. The molecule has 1 unspecified atom stereocenters. The summed E-state index contributed by atoms with van der Waals surface area (Å²) in [5.41, 5.74) is 0.282. The molecule has 0 aromatic heterocycles. The molecule has 1 atom stereocenters. The van der Waals surface area contributed by atoms with Crippen molar-refractivity contribution in [2.24, 2.45) is 4.76 Å². The summed E-state index contributed by atoms with van der Waals surface area (Å²) in [4.78, 5) is 18.1. The summed E-state index contributed by atoms with van der Waals surface area (Å²) in [6, 6.07) is 6.23. The first-order chi connectivity index (χ1) is 11.5. The predicted molar refractivity (Wildman–Crippen MR) is 91.2 cm³/mol. The Morgan fingerprint density at radius 2 is 1.76 bits per heavy atom. The van der Waals surface area contributed by atoms with Gasteiger partial charge >= 0.3 is 7.75 Å². The number of hydrogen-bond donors (Lipinski definition) is 6. The topological polar surface area (TPSA) is 151 Å². The number of aromatic hydroxyl groups is 1. The Kier molecular flexibility index (Phi) is 5.51. The lowest BCUT2D eigenvalue weighted by Gasteiger charge is -2.30. The first-order valence-corrected chi connectivity index (χ1v) is 9.03. The minimum atomic E-state index is -4.81. The Morgan fingerprint density at radius 3 is 2.32 bits per heavy atom. The van der Waals surface area contributed by atoms with Crippen LogP contribution in [-0.2, 0) is 4.57 Å². The molecule has 0 amide bonds. The maximum absolute atomic E-state index is 11.1. The zero-order valence-corrected chi connectivity index (χ0v) is 14.3. The number of phenols is 1. The summed E-state index contributed by atoms with van der Waals surface area (Å²) < 4.78 is 14.4. The van der Waals surface area contributed by atoms with Gasteiger partial charge in [-0.05, 0) is 35.8 Å². The second-order valence-corrected chi connectivity index (χ2v) is 7.21. The molecule has 0 saturated heterocycles. The van der Waals surface area contributed by atoms with Crippen molar-refractivity contribution in [3.05, 3.63) is 53.3 Å². The van der Waals surface area contributed by atoms with Crippen molar-refractivity contribution >= 4 is 13.5 Å². The first kappa shape index (κ1) is 19.4. The van der Waals surface area contributed by atoms with Crippen molar-refractivity contribution in [2.75, 3.05) is 0 Å². The second-order valence-electron chi connectivity index (χ2n) is 5.99. The number of hydrogen-bond acceptors (Lipinski definition) is 5. The molecule has 0 fully saturated rings. The van der Waals surface area contributed by atoms with Gasteiger partial charge in [0.25, 0.3) is 0 Å². The van der Waals surface area contributed by atoms with Crippen LogP contribution >= 0.6 is 7.75 Å². The monoisotopic (exact) mass is 369 g/mol. The zero-order valence-electron chi connectivity index (χ0n) is 13.4. The fourth-order valence-electron chi connectivity index (χ4n) is 2.67. The van der Waals surface area contributed by atoms with Crippen LogP contribution in [0.2, 0.25) is 0 Å². The van der Waals surface area contributed by atoms with E-state index in [0.29, 0.717) is 0 Å². The van der Waals surface area contributed by atoms with Crippen molar-refractivity contribution in [3.63, 3.8) is 0 Å². The molecule has 6 N–H and O–H groups in total. The molecule has 0 bridgehead atoms. The fraction of sp³-hybridized carbons (Fsp3) is 0.312. The number of benzene rings is 1. The largest absolute Gasteiger partial charge is 0.512 e. The Labute approximate surface area is 144 Å². The lowest BCUT2D eigenvalue weighted by atomic mass is 9.85. The van der Waals surface area contributed by atoms with Gasteiger partial charge in [0.15, 0.2) is 5.79 Å². The van der Waals surface area contributed by atoms with Crippen molar-refractivity contribution in [2.45, 2.75) is 31.5 Å². The molecule has 1 aromatic carbocycles. The van der Waals surface area contributed by atoms with E-state index in [1.165, 1.54) is 24.3 Å². The number of aliphatic hydroxyl groups excluding tert-OH is 1. The Hall–Kier alpha value is -1.96. The Morgan fingerprint density at radius 1 is 1.16 bits per heavy atom. The van der Waals surface area contributed by atoms with Crippen LogP contribution in [0.1, 0.15) is 31.2 Å². The maximum atomic E-state index is 11.1. The highest BCUT2D eigenvalue weighted by atomic mass is 31.2. The highest BCUT2D eigenvalue weighted by molar-refractivity contribution is 7.50. The van der Waals surface area contributed by atoms with Gasteiger partial charge in [0.05, 0.1) is 11.5 Å². The SMILES string of the molecule is CC(CC(O)(O)C1=CC=C(O)CC1=NP(=O)(O)O)c1ccc(O)cc1. The molecular weight excluding hydrogens is 349 g/mol. The van der Waals surface area contributed by atoms with Gasteiger partial charge in [-0.2, -0.15) is 4.76 Å². The van der Waals surface area contributed by atoms with E-state index < -0.39 is 13.5 Å². The van der Waals surface area contributed by atoms with E-state index >= 15 is 0 Å². The van der Waals surface area contributed by atoms with Gasteiger partial charge in [-0.3, -0.25) is 0 Å². The lowest BCUT2D eigenvalue weighted by molar-refractivity contribution is -0.131. The van der Waals surface area contributed by atoms with Crippen LogP contribution in [0.15, 0.2) is 52.5 Å². The molecule has 25 heavy (non-hydrogen) atoms. The molecular formula is C16H20NO7P. The fourth-order valence-corrected chi connectivity index (χ4v) is 3.16. The minimum absolute atomic E-state index is 0.0851. The van der Waals surface area contributed by atoms with Crippen LogP contribution in [0.4, 0.5) is 0 Å². The van der Waals surface area contributed by atoms with Crippen LogP contribution in [0.25, 0.3) is 0 Å². The van der Waals surface area contributed by atoms with Crippen molar-refractivity contribution in [3.8, 4) is 5.75 Å². The summed E-state index contributed by atoms with van der Waals surface area (Å²) >= 11 is 0. The highest BCUT2D eigenvalue weighted by Crippen LogP contribution is 2.40. The van der Waals surface area contributed by atoms with Crippen LogP contribution in [0, 0.1) is 0 Å². The summed E-state index contributed by atoms with van der Waals surface area (Å²) in [6.45, 7) is 1.74. The predicted octanol–water partition coefficient (Wildman–Crippen LogP) is 1.87. The van der Waals surface area contributed by atoms with Gasteiger partial charge in [-0.1, -0.05) is 19.1 Å². The molecule has 2 rings (SSSR count). The third-order valence-corrected chi connectivity index (χ3v) is 4.34. The molecule has 8 nitrogen and oxygen atoms in total. The third kappa shape index (κ3) is 5.26. The number of aliphatic hydroxyl groups is 3. The van der Waals surface area contributed by atoms with E-state index in [1.807, 2.05) is 0 Å². The molecule has 1 aliphatic carbocycles. The molecule has 0 radical (unpaired) electrons. The Balaban J connectivity index is 2.30. The standard InChI is InChI=1S/C16H20NO7P/c1-10(11-2-4-12(18)5-3-11)9-16(20,21)14-7-6-13(19)8-15(14)17-25(22,23)24/h2-7,10,18-21H,8-9H2,1H3,(H2,22,23,24). The van der Waals surface area contributed by atoms with Gasteiger partial charge in [0, 0.05) is 18.4 Å². The lowest BCUT2D eigenvalue weighted by Crippen LogP contribution is -2.37. The van der Waals surface area contributed by atoms with E-state index in [1.54, 1.807) is 19.1 Å². The van der Waals surface area contributed by atoms with Crippen molar-refractivity contribution < 1.29 is 34.8 Å². The summed E-state index contributed by atoms with van der Waals surface area (Å²) in [5, 5.41) is 39.8. The Bertz CT molecular complexity index is 774. The maximum Gasteiger partial charge on any atom is 0.448 e. The normalized spacial score (nSPS) is 18.7. The van der Waals surface area contributed by atoms with Gasteiger partial charge in [-0.25, -0.2) is 4.57 Å². The molecule has 0 spiro atoms. The zero-order chi connectivity index (χ0) is 18.8. The molecule has 136 valence electrons. The second kappa shape index (κ2) is 7.11. The van der Waals surface area contributed by atoms with Crippen LogP contribution in [-0.4, -0.2) is 41.7 Å². The van der Waals surface area contributed by atoms with Gasteiger partial charge < -0.3 is 30.2 Å². The highest BCUT2D eigenvalue weighted by Gasteiger charge is 2.36. The third-order valence-electron chi connectivity index (χ3n) is 3.84. The molecule has 1 aromatic rings. The number of allylic oxidation sites excluding steroid dienone is 3. The smallest absolute Gasteiger partial charge is 0.448 e. The molecule has 1 aliphatic rings. The number of phenolic OH excluding ortho intramolecular Hbond substituents is 1. The summed E-state index contributed by atoms with van der Waals surface area (Å²) in [7, 11) is -4.81. The van der Waals surface area contributed by atoms with E-state index in [4.69, 9.17) is 9.79 Å².